The lowest BCUT2D eigenvalue weighted by molar-refractivity contribution is -0.136. The number of carboxylic acid groups (broad SMARTS) is 1. The molecule has 2 rings (SSSR count). The van der Waals surface area contributed by atoms with Crippen LogP contribution in [0.3, 0.4) is 0 Å². The number of rotatable bonds is 6. The molecule has 2 aromatic rings. The van der Waals surface area contributed by atoms with Gasteiger partial charge in [-0.3, -0.25) is 4.79 Å². The fraction of sp³-hybridized carbons (Fsp3) is 0.333. The van der Waals surface area contributed by atoms with Crippen molar-refractivity contribution < 1.29 is 14.6 Å². The Morgan fingerprint density at radius 1 is 1.35 bits per heavy atom. The molecule has 0 amide bonds. The number of benzene rings is 1. The van der Waals surface area contributed by atoms with E-state index in [0.717, 1.165) is 22.0 Å². The second kappa shape index (κ2) is 6.52. The maximum absolute atomic E-state index is 10.5. The molecular formula is C15H17NO3S. The van der Waals surface area contributed by atoms with Gasteiger partial charge in [-0.15, -0.1) is 11.3 Å². The second-order valence-electron chi connectivity index (χ2n) is 4.73. The fourth-order valence-corrected chi connectivity index (χ4v) is 2.60. The number of ether oxygens (including phenoxy) is 1. The topological polar surface area (TPSA) is 59.4 Å². The number of carboxylic acids is 1. The zero-order chi connectivity index (χ0) is 14.5. The monoisotopic (exact) mass is 291 g/mol. The van der Waals surface area contributed by atoms with E-state index in [1.165, 1.54) is 11.3 Å². The van der Waals surface area contributed by atoms with Crippen molar-refractivity contribution in [1.82, 2.24) is 4.98 Å². The number of aromatic nitrogens is 1. The normalized spacial score (nSPS) is 10.8. The van der Waals surface area contributed by atoms with Gasteiger partial charge in [-0.1, -0.05) is 0 Å². The predicted octanol–water partition coefficient (Wildman–Crippen LogP) is 3.61. The van der Waals surface area contributed by atoms with Crippen LogP contribution in [-0.2, 0) is 11.2 Å². The molecule has 0 aliphatic rings. The molecule has 1 aromatic carbocycles. The lowest BCUT2D eigenvalue weighted by Crippen LogP contribution is -2.05. The van der Waals surface area contributed by atoms with Crippen molar-refractivity contribution >= 4 is 17.3 Å². The van der Waals surface area contributed by atoms with Gasteiger partial charge in [0, 0.05) is 17.4 Å². The molecule has 0 fully saturated rings. The van der Waals surface area contributed by atoms with Gasteiger partial charge in [0.25, 0.3) is 0 Å². The first-order valence-electron chi connectivity index (χ1n) is 6.48. The standard InChI is InChI=1S/C15H17NO3S/c1-10(2)19-13-6-3-11(4-7-13)15-16-12(9-20-15)5-8-14(17)18/h3-4,6-7,9-10H,5,8H2,1-2H3,(H,17,18). The summed E-state index contributed by atoms with van der Waals surface area (Å²) in [4.78, 5) is 15.0. The molecular weight excluding hydrogens is 274 g/mol. The highest BCUT2D eigenvalue weighted by Gasteiger charge is 2.07. The average molecular weight is 291 g/mol. The Labute approximate surface area is 122 Å². The quantitative estimate of drug-likeness (QED) is 0.883. The van der Waals surface area contributed by atoms with Gasteiger partial charge in [-0.2, -0.15) is 0 Å². The number of hydrogen-bond acceptors (Lipinski definition) is 4. The Morgan fingerprint density at radius 3 is 2.65 bits per heavy atom. The molecule has 106 valence electrons. The molecule has 1 heterocycles. The molecule has 0 aliphatic carbocycles. The Hall–Kier alpha value is -1.88. The van der Waals surface area contributed by atoms with Crippen LogP contribution in [0.15, 0.2) is 29.6 Å². The second-order valence-corrected chi connectivity index (χ2v) is 5.59. The first-order chi connectivity index (χ1) is 9.54. The summed E-state index contributed by atoms with van der Waals surface area (Å²) < 4.78 is 5.59. The molecule has 5 heteroatoms. The van der Waals surface area contributed by atoms with Gasteiger partial charge in [0.2, 0.25) is 0 Å². The van der Waals surface area contributed by atoms with E-state index >= 15 is 0 Å². The molecule has 0 atom stereocenters. The van der Waals surface area contributed by atoms with E-state index in [0.29, 0.717) is 6.42 Å². The number of hydrogen-bond donors (Lipinski definition) is 1. The van der Waals surface area contributed by atoms with Crippen molar-refractivity contribution in [3.63, 3.8) is 0 Å². The third kappa shape index (κ3) is 4.06. The third-order valence-corrected chi connectivity index (χ3v) is 3.56. The Kier molecular flexibility index (Phi) is 4.74. The number of aryl methyl sites for hydroxylation is 1. The largest absolute Gasteiger partial charge is 0.491 e. The zero-order valence-corrected chi connectivity index (χ0v) is 12.3. The van der Waals surface area contributed by atoms with E-state index in [9.17, 15) is 4.79 Å². The molecule has 0 bridgehead atoms. The van der Waals surface area contributed by atoms with Gasteiger partial charge in [-0.05, 0) is 38.1 Å². The van der Waals surface area contributed by atoms with Crippen LogP contribution in [0.25, 0.3) is 10.6 Å². The minimum Gasteiger partial charge on any atom is -0.491 e. The van der Waals surface area contributed by atoms with E-state index in [1.54, 1.807) is 0 Å². The fourth-order valence-electron chi connectivity index (χ4n) is 1.74. The van der Waals surface area contributed by atoms with Crippen LogP contribution >= 0.6 is 11.3 Å². The molecule has 0 spiro atoms. The molecule has 0 aliphatic heterocycles. The summed E-state index contributed by atoms with van der Waals surface area (Å²) in [5.74, 6) is 0.0427. The van der Waals surface area contributed by atoms with E-state index in [-0.39, 0.29) is 12.5 Å². The minimum atomic E-state index is -0.797. The zero-order valence-electron chi connectivity index (χ0n) is 11.5. The highest BCUT2D eigenvalue weighted by molar-refractivity contribution is 7.13. The van der Waals surface area contributed by atoms with E-state index < -0.39 is 5.97 Å². The van der Waals surface area contributed by atoms with Crippen LogP contribution in [0.1, 0.15) is 26.0 Å². The van der Waals surface area contributed by atoms with Crippen molar-refractivity contribution in [2.75, 3.05) is 0 Å². The van der Waals surface area contributed by atoms with Gasteiger partial charge in [0.1, 0.15) is 10.8 Å². The van der Waals surface area contributed by atoms with Crippen LogP contribution in [-0.4, -0.2) is 22.2 Å². The SMILES string of the molecule is CC(C)Oc1ccc(-c2nc(CCC(=O)O)cs2)cc1. The molecule has 20 heavy (non-hydrogen) atoms. The third-order valence-electron chi connectivity index (χ3n) is 2.62. The number of carbonyl (C=O) groups is 1. The summed E-state index contributed by atoms with van der Waals surface area (Å²) in [7, 11) is 0. The van der Waals surface area contributed by atoms with E-state index in [4.69, 9.17) is 9.84 Å². The van der Waals surface area contributed by atoms with Crippen molar-refractivity contribution in [3.05, 3.63) is 35.3 Å². The molecule has 4 nitrogen and oxygen atoms in total. The Morgan fingerprint density at radius 2 is 2.05 bits per heavy atom. The minimum absolute atomic E-state index is 0.115. The van der Waals surface area contributed by atoms with Crippen molar-refractivity contribution in [3.8, 4) is 16.3 Å². The summed E-state index contributed by atoms with van der Waals surface area (Å²) in [5, 5.41) is 11.5. The lowest BCUT2D eigenvalue weighted by atomic mass is 10.2. The highest BCUT2D eigenvalue weighted by atomic mass is 32.1. The highest BCUT2D eigenvalue weighted by Crippen LogP contribution is 2.26. The van der Waals surface area contributed by atoms with Crippen LogP contribution in [0.5, 0.6) is 5.75 Å². The predicted molar refractivity (Wildman–Crippen MR) is 79.3 cm³/mol. The Bertz CT molecular complexity index is 575. The molecule has 0 radical (unpaired) electrons. The van der Waals surface area contributed by atoms with Gasteiger partial charge in [-0.25, -0.2) is 4.98 Å². The van der Waals surface area contributed by atoms with E-state index in [1.807, 2.05) is 43.5 Å². The molecule has 0 saturated heterocycles. The molecule has 1 N–H and O–H groups in total. The summed E-state index contributed by atoms with van der Waals surface area (Å²) in [6, 6.07) is 7.79. The number of nitrogens with zero attached hydrogens (tertiary/aromatic N) is 1. The van der Waals surface area contributed by atoms with Crippen molar-refractivity contribution in [1.29, 1.82) is 0 Å². The van der Waals surface area contributed by atoms with Crippen molar-refractivity contribution in [2.45, 2.75) is 32.8 Å². The maximum atomic E-state index is 10.5. The average Bonchev–Trinajstić information content (AvgIpc) is 2.85. The first kappa shape index (κ1) is 14.5. The van der Waals surface area contributed by atoms with Crippen LogP contribution in [0.2, 0.25) is 0 Å². The van der Waals surface area contributed by atoms with Crippen LogP contribution < -0.4 is 4.74 Å². The first-order valence-corrected chi connectivity index (χ1v) is 7.36. The van der Waals surface area contributed by atoms with Crippen LogP contribution in [0, 0.1) is 0 Å². The maximum Gasteiger partial charge on any atom is 0.303 e. The van der Waals surface area contributed by atoms with Gasteiger partial charge >= 0.3 is 5.97 Å². The number of thiazole rings is 1. The van der Waals surface area contributed by atoms with Crippen LogP contribution in [0.4, 0.5) is 0 Å². The molecule has 0 unspecified atom stereocenters. The molecule has 1 aromatic heterocycles. The van der Waals surface area contributed by atoms with Gasteiger partial charge in [0.15, 0.2) is 0 Å². The summed E-state index contributed by atoms with van der Waals surface area (Å²) in [6.07, 6.45) is 0.744. The smallest absolute Gasteiger partial charge is 0.303 e. The van der Waals surface area contributed by atoms with Crippen molar-refractivity contribution in [2.24, 2.45) is 0 Å². The van der Waals surface area contributed by atoms with Gasteiger partial charge < -0.3 is 9.84 Å². The summed E-state index contributed by atoms with van der Waals surface area (Å²) in [5.41, 5.74) is 1.85. The summed E-state index contributed by atoms with van der Waals surface area (Å²) in [6.45, 7) is 3.98. The lowest BCUT2D eigenvalue weighted by Gasteiger charge is -2.09. The number of aliphatic carboxylic acids is 1. The van der Waals surface area contributed by atoms with Gasteiger partial charge in [0.05, 0.1) is 18.2 Å². The molecule has 0 saturated carbocycles. The Balaban J connectivity index is 2.06. The van der Waals surface area contributed by atoms with E-state index in [2.05, 4.69) is 4.98 Å². The summed E-state index contributed by atoms with van der Waals surface area (Å²) >= 11 is 1.53.